The summed E-state index contributed by atoms with van der Waals surface area (Å²) in [5, 5.41) is 8.89. The van der Waals surface area contributed by atoms with Crippen LogP contribution in [0.5, 0.6) is 0 Å². The molecule has 1 fully saturated rings. The predicted molar refractivity (Wildman–Crippen MR) is 58.0 cm³/mol. The Balaban J connectivity index is 2.71. The van der Waals surface area contributed by atoms with E-state index in [2.05, 4.69) is 0 Å². The van der Waals surface area contributed by atoms with Crippen molar-refractivity contribution in [3.8, 4) is 0 Å². The number of methoxy groups -OCH3 is 1. The van der Waals surface area contributed by atoms with Crippen LogP contribution in [0.25, 0.3) is 0 Å². The molecule has 0 radical (unpaired) electrons. The summed E-state index contributed by atoms with van der Waals surface area (Å²) in [6.45, 7) is 4.77. The van der Waals surface area contributed by atoms with E-state index in [0.717, 1.165) is 0 Å². The van der Waals surface area contributed by atoms with Gasteiger partial charge in [0.1, 0.15) is 0 Å². The van der Waals surface area contributed by atoms with Crippen molar-refractivity contribution in [1.29, 1.82) is 0 Å². The Bertz CT molecular complexity index is 277. The fourth-order valence-corrected chi connectivity index (χ4v) is 2.03. The van der Waals surface area contributed by atoms with Gasteiger partial charge in [-0.15, -0.1) is 0 Å². The third kappa shape index (κ3) is 2.72. The third-order valence-corrected chi connectivity index (χ3v) is 3.01. The summed E-state index contributed by atoms with van der Waals surface area (Å²) >= 11 is 0. The molecular formula is C11H19NO4. The number of likely N-dealkylation sites (tertiary alicyclic amines) is 1. The monoisotopic (exact) mass is 229 g/mol. The number of carboxylic acids is 1. The van der Waals surface area contributed by atoms with Gasteiger partial charge in [-0.05, 0) is 5.92 Å². The molecule has 1 rings (SSSR count). The number of ether oxygens (including phenoxy) is 1. The highest BCUT2D eigenvalue weighted by Gasteiger charge is 2.38. The van der Waals surface area contributed by atoms with Gasteiger partial charge in [-0.3, -0.25) is 9.59 Å². The lowest BCUT2D eigenvalue weighted by atomic mass is 10.0. The van der Waals surface area contributed by atoms with Crippen molar-refractivity contribution < 1.29 is 19.4 Å². The van der Waals surface area contributed by atoms with Crippen molar-refractivity contribution in [1.82, 2.24) is 4.90 Å². The zero-order chi connectivity index (χ0) is 12.3. The third-order valence-electron chi connectivity index (χ3n) is 3.01. The molecule has 0 aliphatic carbocycles. The molecule has 1 aliphatic rings. The topological polar surface area (TPSA) is 66.8 Å². The number of carboxylic acid groups (broad SMARTS) is 1. The average Bonchev–Trinajstić information content (AvgIpc) is 2.56. The number of carbonyl (C=O) groups excluding carboxylic acids is 1. The van der Waals surface area contributed by atoms with E-state index in [4.69, 9.17) is 9.84 Å². The molecule has 5 heteroatoms. The molecule has 2 atom stereocenters. The number of hydrogen-bond acceptors (Lipinski definition) is 3. The Kier molecular flexibility index (Phi) is 4.29. The summed E-state index contributed by atoms with van der Waals surface area (Å²) in [5.74, 6) is -1.28. The van der Waals surface area contributed by atoms with Crippen LogP contribution in [0.4, 0.5) is 0 Å². The summed E-state index contributed by atoms with van der Waals surface area (Å²) < 4.78 is 5.08. The van der Waals surface area contributed by atoms with Gasteiger partial charge < -0.3 is 14.7 Å². The molecule has 1 saturated heterocycles. The van der Waals surface area contributed by atoms with Crippen LogP contribution in [0.2, 0.25) is 0 Å². The lowest BCUT2D eigenvalue weighted by Crippen LogP contribution is -2.43. The average molecular weight is 229 g/mol. The molecule has 16 heavy (non-hydrogen) atoms. The highest BCUT2D eigenvalue weighted by Crippen LogP contribution is 2.23. The van der Waals surface area contributed by atoms with Crippen LogP contribution in [0, 0.1) is 11.8 Å². The van der Waals surface area contributed by atoms with E-state index in [1.54, 1.807) is 12.0 Å². The normalized spacial score (nSPS) is 22.9. The second kappa shape index (κ2) is 5.30. The summed E-state index contributed by atoms with van der Waals surface area (Å²) in [6.07, 6.45) is 0.113. The number of nitrogens with zero attached hydrogens (tertiary/aromatic N) is 1. The fourth-order valence-electron chi connectivity index (χ4n) is 2.03. The second-order valence-corrected chi connectivity index (χ2v) is 4.55. The summed E-state index contributed by atoms with van der Waals surface area (Å²) in [7, 11) is 1.59. The standard InChI is InChI=1S/C11H19NO4/c1-7(2)9(6-16-3)12-5-8(11(14)15)4-10(12)13/h7-9H,4-6H2,1-3H3,(H,14,15). The maximum atomic E-state index is 11.7. The number of hydrogen-bond donors (Lipinski definition) is 1. The minimum absolute atomic E-state index is 0.0261. The van der Waals surface area contributed by atoms with E-state index in [-0.39, 0.29) is 24.3 Å². The highest BCUT2D eigenvalue weighted by atomic mass is 16.5. The molecule has 1 amide bonds. The van der Waals surface area contributed by atoms with E-state index in [9.17, 15) is 9.59 Å². The molecule has 2 unspecified atom stereocenters. The summed E-state index contributed by atoms with van der Waals surface area (Å²) in [4.78, 5) is 24.2. The van der Waals surface area contributed by atoms with Crippen LogP contribution in [0.1, 0.15) is 20.3 Å². The molecule has 92 valence electrons. The molecular weight excluding hydrogens is 210 g/mol. The molecule has 0 saturated carbocycles. The highest BCUT2D eigenvalue weighted by molar-refractivity contribution is 5.86. The maximum absolute atomic E-state index is 11.7. The van der Waals surface area contributed by atoms with E-state index >= 15 is 0 Å². The zero-order valence-electron chi connectivity index (χ0n) is 9.97. The van der Waals surface area contributed by atoms with Crippen LogP contribution in [-0.2, 0) is 14.3 Å². The number of amides is 1. The molecule has 1 aliphatic heterocycles. The SMILES string of the molecule is COCC(C(C)C)N1CC(C(=O)O)CC1=O. The van der Waals surface area contributed by atoms with E-state index in [1.807, 2.05) is 13.8 Å². The molecule has 1 heterocycles. The largest absolute Gasteiger partial charge is 0.481 e. The van der Waals surface area contributed by atoms with Crippen molar-refractivity contribution in [3.05, 3.63) is 0 Å². The van der Waals surface area contributed by atoms with Gasteiger partial charge in [-0.2, -0.15) is 0 Å². The van der Waals surface area contributed by atoms with Crippen molar-refractivity contribution in [3.63, 3.8) is 0 Å². The van der Waals surface area contributed by atoms with Gasteiger partial charge in [0.2, 0.25) is 5.91 Å². The van der Waals surface area contributed by atoms with Crippen molar-refractivity contribution in [2.45, 2.75) is 26.3 Å². The van der Waals surface area contributed by atoms with Crippen molar-refractivity contribution in [2.24, 2.45) is 11.8 Å². The van der Waals surface area contributed by atoms with Crippen LogP contribution < -0.4 is 0 Å². The first-order valence-electron chi connectivity index (χ1n) is 5.48. The Labute approximate surface area is 95.4 Å². The first kappa shape index (κ1) is 13.0. The van der Waals surface area contributed by atoms with E-state index < -0.39 is 11.9 Å². The molecule has 0 aromatic heterocycles. The number of rotatable bonds is 5. The minimum Gasteiger partial charge on any atom is -0.481 e. The van der Waals surface area contributed by atoms with E-state index in [0.29, 0.717) is 13.2 Å². The molecule has 0 spiro atoms. The van der Waals surface area contributed by atoms with Gasteiger partial charge in [-0.1, -0.05) is 13.8 Å². The van der Waals surface area contributed by atoms with Crippen molar-refractivity contribution in [2.75, 3.05) is 20.3 Å². The van der Waals surface area contributed by atoms with Gasteiger partial charge >= 0.3 is 5.97 Å². The summed E-state index contributed by atoms with van der Waals surface area (Å²) in [5.41, 5.74) is 0. The fraction of sp³-hybridized carbons (Fsp3) is 0.818. The predicted octanol–water partition coefficient (Wildman–Crippen LogP) is 0.590. The first-order chi connectivity index (χ1) is 7.47. The van der Waals surface area contributed by atoms with Crippen molar-refractivity contribution >= 4 is 11.9 Å². The lowest BCUT2D eigenvalue weighted by Gasteiger charge is -2.30. The zero-order valence-corrected chi connectivity index (χ0v) is 9.97. The Morgan fingerprint density at radius 2 is 2.25 bits per heavy atom. The van der Waals surface area contributed by atoms with Gasteiger partial charge in [-0.25, -0.2) is 0 Å². The molecule has 0 aromatic rings. The second-order valence-electron chi connectivity index (χ2n) is 4.55. The first-order valence-corrected chi connectivity index (χ1v) is 5.48. The molecule has 1 N–H and O–H groups in total. The van der Waals surface area contributed by atoms with Crippen LogP contribution in [0.15, 0.2) is 0 Å². The smallest absolute Gasteiger partial charge is 0.308 e. The molecule has 0 aromatic carbocycles. The lowest BCUT2D eigenvalue weighted by molar-refractivity contribution is -0.141. The molecule has 5 nitrogen and oxygen atoms in total. The van der Waals surface area contributed by atoms with Crippen LogP contribution >= 0.6 is 0 Å². The quantitative estimate of drug-likeness (QED) is 0.749. The Hall–Kier alpha value is -1.10. The number of carbonyl (C=O) groups is 2. The Morgan fingerprint density at radius 3 is 2.62 bits per heavy atom. The maximum Gasteiger partial charge on any atom is 0.308 e. The van der Waals surface area contributed by atoms with Gasteiger partial charge in [0.25, 0.3) is 0 Å². The van der Waals surface area contributed by atoms with Gasteiger partial charge in [0.05, 0.1) is 18.6 Å². The van der Waals surface area contributed by atoms with E-state index in [1.165, 1.54) is 0 Å². The van der Waals surface area contributed by atoms with Gasteiger partial charge in [0.15, 0.2) is 0 Å². The minimum atomic E-state index is -0.893. The van der Waals surface area contributed by atoms with Crippen LogP contribution in [-0.4, -0.2) is 48.2 Å². The van der Waals surface area contributed by atoms with Crippen LogP contribution in [0.3, 0.4) is 0 Å². The number of aliphatic carboxylic acids is 1. The Morgan fingerprint density at radius 1 is 1.62 bits per heavy atom. The van der Waals surface area contributed by atoms with Gasteiger partial charge in [0, 0.05) is 20.1 Å². The summed E-state index contributed by atoms with van der Waals surface area (Å²) in [6, 6.07) is -0.0261. The molecule has 0 bridgehead atoms.